The van der Waals surface area contributed by atoms with Crippen LogP contribution in [0.2, 0.25) is 0 Å². The molecule has 0 aliphatic heterocycles. The molecule has 0 unspecified atom stereocenters. The zero-order valence-corrected chi connectivity index (χ0v) is 7.23. The van der Waals surface area contributed by atoms with Crippen molar-refractivity contribution in [2.24, 2.45) is 5.73 Å². The van der Waals surface area contributed by atoms with Crippen molar-refractivity contribution in [2.75, 3.05) is 7.11 Å². The topological polar surface area (TPSA) is 65.2 Å². The second-order valence-electron chi connectivity index (χ2n) is 2.30. The highest BCUT2D eigenvalue weighted by atomic mass is 16.5. The van der Waals surface area contributed by atoms with Gasteiger partial charge in [0.25, 0.3) is 0 Å². The van der Waals surface area contributed by atoms with Gasteiger partial charge < -0.3 is 10.5 Å². The molecule has 0 amide bonds. The SMILES string of the molecule is COC(=O)c1cccc(C=CN)n1. The smallest absolute Gasteiger partial charge is 0.356 e. The van der Waals surface area contributed by atoms with E-state index in [4.69, 9.17) is 5.73 Å². The highest BCUT2D eigenvalue weighted by Gasteiger charge is 2.05. The maximum Gasteiger partial charge on any atom is 0.356 e. The number of ether oxygens (including phenoxy) is 1. The summed E-state index contributed by atoms with van der Waals surface area (Å²) in [5, 5.41) is 0. The number of methoxy groups -OCH3 is 1. The third-order valence-corrected chi connectivity index (χ3v) is 1.43. The first kappa shape index (κ1) is 9.25. The number of nitrogens with zero attached hydrogens (tertiary/aromatic N) is 1. The first-order chi connectivity index (χ1) is 6.27. The van der Waals surface area contributed by atoms with Gasteiger partial charge in [0.2, 0.25) is 0 Å². The van der Waals surface area contributed by atoms with Gasteiger partial charge in [-0.2, -0.15) is 0 Å². The highest BCUT2D eigenvalue weighted by Crippen LogP contribution is 2.01. The number of carbonyl (C=O) groups excluding carboxylic acids is 1. The van der Waals surface area contributed by atoms with Gasteiger partial charge in [0.1, 0.15) is 5.69 Å². The van der Waals surface area contributed by atoms with Crippen LogP contribution in [0.1, 0.15) is 16.2 Å². The van der Waals surface area contributed by atoms with Crippen molar-refractivity contribution in [3.63, 3.8) is 0 Å². The van der Waals surface area contributed by atoms with Crippen LogP contribution in [0.5, 0.6) is 0 Å². The first-order valence-electron chi connectivity index (χ1n) is 3.71. The Morgan fingerprint density at radius 2 is 2.38 bits per heavy atom. The molecular weight excluding hydrogens is 168 g/mol. The summed E-state index contributed by atoms with van der Waals surface area (Å²) in [7, 11) is 1.31. The lowest BCUT2D eigenvalue weighted by molar-refractivity contribution is 0.0594. The fourth-order valence-electron chi connectivity index (χ4n) is 0.861. The minimum absolute atomic E-state index is 0.276. The summed E-state index contributed by atoms with van der Waals surface area (Å²) < 4.78 is 4.51. The summed E-state index contributed by atoms with van der Waals surface area (Å²) in [6.07, 6.45) is 2.97. The summed E-state index contributed by atoms with van der Waals surface area (Å²) in [5.74, 6) is -0.452. The molecule has 1 aromatic rings. The number of rotatable bonds is 2. The monoisotopic (exact) mass is 178 g/mol. The number of nitrogens with two attached hydrogens (primary N) is 1. The van der Waals surface area contributed by atoms with Gasteiger partial charge in [0.05, 0.1) is 12.8 Å². The van der Waals surface area contributed by atoms with Crippen LogP contribution in [0, 0.1) is 0 Å². The molecule has 68 valence electrons. The number of pyridine rings is 1. The summed E-state index contributed by atoms with van der Waals surface area (Å²) in [4.78, 5) is 15.0. The first-order valence-corrected chi connectivity index (χ1v) is 3.71. The van der Waals surface area contributed by atoms with Crippen LogP contribution in [0.25, 0.3) is 6.08 Å². The van der Waals surface area contributed by atoms with Crippen molar-refractivity contribution in [1.29, 1.82) is 0 Å². The molecule has 0 saturated heterocycles. The van der Waals surface area contributed by atoms with Crippen molar-refractivity contribution < 1.29 is 9.53 Å². The van der Waals surface area contributed by atoms with Gasteiger partial charge in [0.15, 0.2) is 0 Å². The molecule has 0 spiro atoms. The van der Waals surface area contributed by atoms with Crippen LogP contribution in [-0.4, -0.2) is 18.1 Å². The van der Waals surface area contributed by atoms with E-state index in [-0.39, 0.29) is 5.69 Å². The number of aromatic nitrogens is 1. The van der Waals surface area contributed by atoms with E-state index in [2.05, 4.69) is 9.72 Å². The summed E-state index contributed by atoms with van der Waals surface area (Å²) in [6.45, 7) is 0. The predicted molar refractivity (Wildman–Crippen MR) is 48.8 cm³/mol. The molecule has 0 atom stereocenters. The molecule has 13 heavy (non-hydrogen) atoms. The van der Waals surface area contributed by atoms with E-state index in [1.165, 1.54) is 13.3 Å². The van der Waals surface area contributed by atoms with Gasteiger partial charge in [0, 0.05) is 0 Å². The molecule has 4 heteroatoms. The third kappa shape index (κ3) is 2.30. The van der Waals surface area contributed by atoms with Crippen LogP contribution >= 0.6 is 0 Å². The van der Waals surface area contributed by atoms with Gasteiger partial charge >= 0.3 is 5.97 Å². The number of hydrogen-bond donors (Lipinski definition) is 1. The van der Waals surface area contributed by atoms with Gasteiger partial charge in [-0.3, -0.25) is 0 Å². The molecule has 0 aliphatic rings. The molecule has 0 bridgehead atoms. The average molecular weight is 178 g/mol. The number of hydrogen-bond acceptors (Lipinski definition) is 4. The van der Waals surface area contributed by atoms with E-state index in [9.17, 15) is 4.79 Å². The third-order valence-electron chi connectivity index (χ3n) is 1.43. The minimum atomic E-state index is -0.452. The molecule has 4 nitrogen and oxygen atoms in total. The highest BCUT2D eigenvalue weighted by molar-refractivity contribution is 5.87. The van der Waals surface area contributed by atoms with Crippen LogP contribution in [0.3, 0.4) is 0 Å². The van der Waals surface area contributed by atoms with Crippen LogP contribution in [0.4, 0.5) is 0 Å². The standard InChI is InChI=1S/C9H10N2O2/c1-13-9(12)8-4-2-3-7(11-8)5-6-10/h2-6H,10H2,1H3. The molecule has 0 fully saturated rings. The molecule has 0 radical (unpaired) electrons. The van der Waals surface area contributed by atoms with E-state index in [1.807, 2.05) is 0 Å². The molecule has 1 aromatic heterocycles. The number of carbonyl (C=O) groups is 1. The predicted octanol–water partition coefficient (Wildman–Crippen LogP) is 0.798. The second-order valence-corrected chi connectivity index (χ2v) is 2.30. The number of esters is 1. The molecule has 0 aromatic carbocycles. The van der Waals surface area contributed by atoms with E-state index in [0.717, 1.165) is 0 Å². The lowest BCUT2D eigenvalue weighted by Gasteiger charge is -1.98. The molecule has 1 rings (SSSR count). The Morgan fingerprint density at radius 1 is 1.62 bits per heavy atom. The van der Waals surface area contributed by atoms with Crippen molar-refractivity contribution in [2.45, 2.75) is 0 Å². The molecule has 2 N–H and O–H groups in total. The van der Waals surface area contributed by atoms with E-state index < -0.39 is 5.97 Å². The van der Waals surface area contributed by atoms with Gasteiger partial charge in [-0.15, -0.1) is 0 Å². The quantitative estimate of drug-likeness (QED) is 0.680. The van der Waals surface area contributed by atoms with Crippen LogP contribution in [0.15, 0.2) is 24.4 Å². The van der Waals surface area contributed by atoms with Crippen molar-refractivity contribution in [3.8, 4) is 0 Å². The normalized spacial score (nSPS) is 10.2. The Morgan fingerprint density at radius 3 is 3.00 bits per heavy atom. The van der Waals surface area contributed by atoms with Crippen molar-refractivity contribution in [1.82, 2.24) is 4.98 Å². The van der Waals surface area contributed by atoms with Crippen molar-refractivity contribution in [3.05, 3.63) is 35.8 Å². The Balaban J connectivity index is 2.98. The zero-order valence-electron chi connectivity index (χ0n) is 7.23. The van der Waals surface area contributed by atoms with Gasteiger partial charge in [-0.05, 0) is 24.4 Å². The largest absolute Gasteiger partial charge is 0.464 e. The van der Waals surface area contributed by atoms with Gasteiger partial charge in [-0.1, -0.05) is 6.07 Å². The fourth-order valence-corrected chi connectivity index (χ4v) is 0.861. The Hall–Kier alpha value is -1.84. The fraction of sp³-hybridized carbons (Fsp3) is 0.111. The lowest BCUT2D eigenvalue weighted by atomic mass is 10.3. The molecule has 0 aliphatic carbocycles. The zero-order chi connectivity index (χ0) is 9.68. The van der Waals surface area contributed by atoms with E-state index >= 15 is 0 Å². The Kier molecular flexibility index (Phi) is 3.03. The van der Waals surface area contributed by atoms with Crippen LogP contribution < -0.4 is 5.73 Å². The Bertz CT molecular complexity index is 334. The summed E-state index contributed by atoms with van der Waals surface area (Å²) in [6, 6.07) is 5.05. The summed E-state index contributed by atoms with van der Waals surface area (Å²) in [5.41, 5.74) is 6.09. The molecule has 1 heterocycles. The molecular formula is C9H10N2O2. The lowest BCUT2D eigenvalue weighted by Crippen LogP contribution is -2.04. The van der Waals surface area contributed by atoms with Gasteiger partial charge in [-0.25, -0.2) is 9.78 Å². The second kappa shape index (κ2) is 4.25. The van der Waals surface area contributed by atoms with Crippen molar-refractivity contribution >= 4 is 12.0 Å². The van der Waals surface area contributed by atoms with E-state index in [1.54, 1.807) is 24.3 Å². The maximum absolute atomic E-state index is 11.0. The Labute approximate surface area is 76.0 Å². The minimum Gasteiger partial charge on any atom is -0.464 e. The maximum atomic E-state index is 11.0. The van der Waals surface area contributed by atoms with Crippen LogP contribution in [-0.2, 0) is 4.74 Å². The average Bonchev–Trinajstić information content (AvgIpc) is 2.18. The summed E-state index contributed by atoms with van der Waals surface area (Å²) >= 11 is 0. The molecule has 0 saturated carbocycles. The van der Waals surface area contributed by atoms with E-state index in [0.29, 0.717) is 5.69 Å².